The van der Waals surface area contributed by atoms with Crippen LogP contribution in [0.25, 0.3) is 0 Å². The van der Waals surface area contributed by atoms with Gasteiger partial charge in [0, 0.05) is 27.9 Å². The fourth-order valence-corrected chi connectivity index (χ4v) is 3.64. The first-order valence-corrected chi connectivity index (χ1v) is 7.89. The van der Waals surface area contributed by atoms with Gasteiger partial charge in [-0.15, -0.1) is 11.3 Å². The molecule has 1 unspecified atom stereocenters. The van der Waals surface area contributed by atoms with E-state index in [1.165, 1.54) is 15.3 Å². The smallest absolute Gasteiger partial charge is 0.163 e. The van der Waals surface area contributed by atoms with Crippen LogP contribution in [0.1, 0.15) is 28.3 Å². The SMILES string of the molecule is Cc1cc(C(C)Nc2cc3c(cc2N)OCCO3)c(C)s1. The predicted octanol–water partition coefficient (Wildman–Crippen LogP) is 3.89. The van der Waals surface area contributed by atoms with Crippen molar-refractivity contribution in [3.05, 3.63) is 33.5 Å². The van der Waals surface area contributed by atoms with Crippen molar-refractivity contribution < 1.29 is 9.47 Å². The van der Waals surface area contributed by atoms with Gasteiger partial charge in [-0.2, -0.15) is 0 Å². The first-order chi connectivity index (χ1) is 10.0. The summed E-state index contributed by atoms with van der Waals surface area (Å²) in [6.45, 7) is 7.58. The van der Waals surface area contributed by atoms with Crippen molar-refractivity contribution >= 4 is 22.7 Å². The molecule has 0 aliphatic carbocycles. The summed E-state index contributed by atoms with van der Waals surface area (Å²) in [6.07, 6.45) is 0. The number of hydrogen-bond donors (Lipinski definition) is 2. The maximum Gasteiger partial charge on any atom is 0.163 e. The van der Waals surface area contributed by atoms with E-state index in [4.69, 9.17) is 15.2 Å². The second-order valence-electron chi connectivity index (χ2n) is 5.32. The minimum absolute atomic E-state index is 0.194. The summed E-state index contributed by atoms with van der Waals surface area (Å²) in [5.41, 5.74) is 8.99. The topological polar surface area (TPSA) is 56.5 Å². The number of thiophene rings is 1. The second kappa shape index (κ2) is 5.48. The van der Waals surface area contributed by atoms with Gasteiger partial charge in [0.2, 0.25) is 0 Å². The molecule has 1 aliphatic rings. The van der Waals surface area contributed by atoms with Gasteiger partial charge in [0.1, 0.15) is 13.2 Å². The monoisotopic (exact) mass is 304 g/mol. The van der Waals surface area contributed by atoms with Gasteiger partial charge in [0.25, 0.3) is 0 Å². The second-order valence-corrected chi connectivity index (χ2v) is 6.78. The number of hydrogen-bond acceptors (Lipinski definition) is 5. The maximum absolute atomic E-state index is 6.12. The lowest BCUT2D eigenvalue weighted by molar-refractivity contribution is 0.172. The quantitative estimate of drug-likeness (QED) is 0.845. The highest BCUT2D eigenvalue weighted by atomic mass is 32.1. The van der Waals surface area contributed by atoms with E-state index >= 15 is 0 Å². The number of ether oxygens (including phenoxy) is 2. The number of nitrogen functional groups attached to an aromatic ring is 1. The van der Waals surface area contributed by atoms with Crippen LogP contribution in [0.15, 0.2) is 18.2 Å². The van der Waals surface area contributed by atoms with Crippen LogP contribution in [0.5, 0.6) is 11.5 Å². The Morgan fingerprint density at radius 3 is 2.43 bits per heavy atom. The number of nitrogens with two attached hydrogens (primary N) is 1. The lowest BCUT2D eigenvalue weighted by atomic mass is 10.1. The molecule has 0 saturated heterocycles. The molecule has 2 aromatic rings. The summed E-state index contributed by atoms with van der Waals surface area (Å²) in [5.74, 6) is 1.47. The summed E-state index contributed by atoms with van der Waals surface area (Å²) in [6, 6.07) is 6.18. The number of fused-ring (bicyclic) bond motifs is 1. The summed E-state index contributed by atoms with van der Waals surface area (Å²) in [5, 5.41) is 3.48. The van der Waals surface area contributed by atoms with E-state index in [2.05, 4.69) is 32.2 Å². The number of nitrogens with one attached hydrogen (secondary N) is 1. The lowest BCUT2D eigenvalue weighted by Gasteiger charge is -2.22. The molecule has 0 fully saturated rings. The van der Waals surface area contributed by atoms with Crippen LogP contribution in [-0.2, 0) is 0 Å². The Hall–Kier alpha value is -1.88. The molecule has 3 N–H and O–H groups in total. The number of aryl methyl sites for hydroxylation is 2. The molecule has 5 heteroatoms. The van der Waals surface area contributed by atoms with E-state index in [0.29, 0.717) is 18.9 Å². The van der Waals surface area contributed by atoms with Gasteiger partial charge in [0.05, 0.1) is 11.4 Å². The fourth-order valence-electron chi connectivity index (χ4n) is 2.62. The average molecular weight is 304 g/mol. The third-order valence-electron chi connectivity index (χ3n) is 3.63. The minimum Gasteiger partial charge on any atom is -0.486 e. The van der Waals surface area contributed by atoms with Crippen LogP contribution in [0, 0.1) is 13.8 Å². The van der Waals surface area contributed by atoms with Crippen molar-refractivity contribution in [2.75, 3.05) is 24.3 Å². The van der Waals surface area contributed by atoms with E-state index < -0.39 is 0 Å². The molecule has 1 atom stereocenters. The summed E-state index contributed by atoms with van der Waals surface area (Å²) < 4.78 is 11.2. The Morgan fingerprint density at radius 2 is 1.81 bits per heavy atom. The summed E-state index contributed by atoms with van der Waals surface area (Å²) >= 11 is 1.82. The van der Waals surface area contributed by atoms with Crippen molar-refractivity contribution in [2.24, 2.45) is 0 Å². The Balaban J connectivity index is 1.86. The molecule has 112 valence electrons. The van der Waals surface area contributed by atoms with Gasteiger partial charge >= 0.3 is 0 Å². The molecular weight excluding hydrogens is 284 g/mol. The van der Waals surface area contributed by atoms with Crippen LogP contribution in [0.2, 0.25) is 0 Å². The molecule has 0 radical (unpaired) electrons. The molecule has 21 heavy (non-hydrogen) atoms. The maximum atomic E-state index is 6.12. The van der Waals surface area contributed by atoms with Crippen LogP contribution < -0.4 is 20.5 Å². The van der Waals surface area contributed by atoms with Crippen molar-refractivity contribution in [1.82, 2.24) is 0 Å². The molecule has 4 nitrogen and oxygen atoms in total. The van der Waals surface area contributed by atoms with Crippen molar-refractivity contribution in [2.45, 2.75) is 26.8 Å². The van der Waals surface area contributed by atoms with E-state index in [1.807, 2.05) is 23.5 Å². The molecule has 1 aromatic carbocycles. The normalized spacial score (nSPS) is 14.8. The van der Waals surface area contributed by atoms with Crippen LogP contribution >= 0.6 is 11.3 Å². The Morgan fingerprint density at radius 1 is 1.14 bits per heavy atom. The molecule has 1 aromatic heterocycles. The van der Waals surface area contributed by atoms with Gasteiger partial charge in [-0.25, -0.2) is 0 Å². The highest BCUT2D eigenvalue weighted by Gasteiger charge is 2.17. The first-order valence-electron chi connectivity index (χ1n) is 7.07. The molecule has 2 heterocycles. The van der Waals surface area contributed by atoms with Crippen molar-refractivity contribution in [3.63, 3.8) is 0 Å². The molecule has 0 bridgehead atoms. The largest absolute Gasteiger partial charge is 0.486 e. The van der Waals surface area contributed by atoms with E-state index in [1.54, 1.807) is 0 Å². The van der Waals surface area contributed by atoms with Crippen molar-refractivity contribution in [3.8, 4) is 11.5 Å². The van der Waals surface area contributed by atoms with Crippen LogP contribution in [0.3, 0.4) is 0 Å². The zero-order valence-corrected chi connectivity index (χ0v) is 13.3. The van der Waals surface area contributed by atoms with Gasteiger partial charge < -0.3 is 20.5 Å². The third kappa shape index (κ3) is 2.78. The number of benzene rings is 1. The van der Waals surface area contributed by atoms with Gasteiger partial charge in [0.15, 0.2) is 11.5 Å². The molecule has 0 saturated carbocycles. The minimum atomic E-state index is 0.194. The Labute approximate surface area is 128 Å². The zero-order chi connectivity index (χ0) is 15.0. The van der Waals surface area contributed by atoms with E-state index in [-0.39, 0.29) is 6.04 Å². The van der Waals surface area contributed by atoms with Gasteiger partial charge in [-0.05, 0) is 32.4 Å². The Bertz CT molecular complexity index is 667. The molecule has 0 amide bonds. The summed E-state index contributed by atoms with van der Waals surface area (Å²) in [4.78, 5) is 2.66. The first kappa shape index (κ1) is 14.1. The van der Waals surface area contributed by atoms with Gasteiger partial charge in [-0.1, -0.05) is 0 Å². The molecular formula is C16H20N2O2S. The fraction of sp³-hybridized carbons (Fsp3) is 0.375. The highest BCUT2D eigenvalue weighted by Crippen LogP contribution is 2.38. The van der Waals surface area contributed by atoms with Crippen LogP contribution in [0.4, 0.5) is 11.4 Å². The third-order valence-corrected chi connectivity index (χ3v) is 4.61. The molecule has 0 spiro atoms. The zero-order valence-electron chi connectivity index (χ0n) is 12.5. The highest BCUT2D eigenvalue weighted by molar-refractivity contribution is 7.12. The Kier molecular flexibility index (Phi) is 3.68. The van der Waals surface area contributed by atoms with Gasteiger partial charge in [-0.3, -0.25) is 0 Å². The van der Waals surface area contributed by atoms with Crippen LogP contribution in [-0.4, -0.2) is 13.2 Å². The number of rotatable bonds is 3. The van der Waals surface area contributed by atoms with E-state index in [0.717, 1.165) is 17.2 Å². The number of anilines is 2. The van der Waals surface area contributed by atoms with Crippen molar-refractivity contribution in [1.29, 1.82) is 0 Å². The lowest BCUT2D eigenvalue weighted by Crippen LogP contribution is -2.16. The predicted molar refractivity (Wildman–Crippen MR) is 87.7 cm³/mol. The standard InChI is InChI=1S/C16H20N2O2S/c1-9-6-12(11(3)21-9)10(2)18-14-8-16-15(7-13(14)17)19-4-5-20-16/h6-8,10,18H,4-5,17H2,1-3H3. The average Bonchev–Trinajstić information content (AvgIpc) is 2.78. The molecule has 1 aliphatic heterocycles. The van der Waals surface area contributed by atoms with E-state index in [9.17, 15) is 0 Å². The summed E-state index contributed by atoms with van der Waals surface area (Å²) in [7, 11) is 0. The molecule has 3 rings (SSSR count).